The minimum absolute atomic E-state index is 0.158. The zero-order chi connectivity index (χ0) is 10.5. The minimum Gasteiger partial charge on any atom is -0.372 e. The average molecular weight is 203 g/mol. The van der Waals surface area contributed by atoms with Crippen molar-refractivity contribution in [1.82, 2.24) is 5.32 Å². The topological polar surface area (TPSA) is 21.3 Å². The average Bonchev–Trinajstić information content (AvgIpc) is 2.31. The molecule has 0 radical (unpaired) electrons. The fraction of sp³-hybridized carbons (Fsp3) is 0.385. The molecule has 2 heteroatoms. The molecule has 0 bridgehead atoms. The van der Waals surface area contributed by atoms with Crippen molar-refractivity contribution in [3.8, 4) is 0 Å². The van der Waals surface area contributed by atoms with Gasteiger partial charge in [0, 0.05) is 13.2 Å². The van der Waals surface area contributed by atoms with Gasteiger partial charge in [0.1, 0.15) is 0 Å². The van der Waals surface area contributed by atoms with Crippen LogP contribution in [0.15, 0.2) is 42.5 Å². The smallest absolute Gasteiger partial charge is 0.0950 e. The number of ether oxygens (including phenoxy) is 1. The first kappa shape index (κ1) is 10.4. The first-order valence-corrected chi connectivity index (χ1v) is 5.48. The molecule has 15 heavy (non-hydrogen) atoms. The summed E-state index contributed by atoms with van der Waals surface area (Å²) in [4.78, 5) is 0. The number of hydrogen-bond donors (Lipinski definition) is 1. The Bertz CT molecular complexity index is 321. The highest BCUT2D eigenvalue weighted by atomic mass is 16.5. The molecule has 1 heterocycles. The lowest BCUT2D eigenvalue weighted by atomic mass is 9.99. The van der Waals surface area contributed by atoms with Gasteiger partial charge in [0.05, 0.1) is 12.1 Å². The van der Waals surface area contributed by atoms with Crippen LogP contribution in [0, 0.1) is 0 Å². The van der Waals surface area contributed by atoms with Gasteiger partial charge in [0.15, 0.2) is 0 Å². The van der Waals surface area contributed by atoms with E-state index < -0.39 is 0 Å². The summed E-state index contributed by atoms with van der Waals surface area (Å²) < 4.78 is 5.70. The van der Waals surface area contributed by atoms with E-state index in [0.717, 1.165) is 13.2 Å². The quantitative estimate of drug-likeness (QED) is 0.761. The van der Waals surface area contributed by atoms with E-state index in [-0.39, 0.29) is 12.1 Å². The highest BCUT2D eigenvalue weighted by molar-refractivity contribution is 5.23. The molecule has 0 amide bonds. The predicted octanol–water partition coefficient (Wildman–Crippen LogP) is 2.29. The second-order valence-corrected chi connectivity index (χ2v) is 3.64. The van der Waals surface area contributed by atoms with Gasteiger partial charge in [-0.1, -0.05) is 42.5 Å². The van der Waals surface area contributed by atoms with Crippen LogP contribution in [-0.2, 0) is 4.74 Å². The van der Waals surface area contributed by atoms with E-state index in [1.165, 1.54) is 5.56 Å². The Morgan fingerprint density at radius 3 is 2.87 bits per heavy atom. The summed E-state index contributed by atoms with van der Waals surface area (Å²) in [6.07, 6.45) is 4.43. The lowest BCUT2D eigenvalue weighted by Crippen LogP contribution is -2.36. The van der Waals surface area contributed by atoms with Gasteiger partial charge in [-0.3, -0.25) is 0 Å². The molecule has 0 spiro atoms. The number of nitrogens with one attached hydrogen (secondary N) is 1. The van der Waals surface area contributed by atoms with Gasteiger partial charge >= 0.3 is 0 Å². The Labute approximate surface area is 91.0 Å². The molecule has 80 valence electrons. The molecule has 2 nitrogen and oxygen atoms in total. The van der Waals surface area contributed by atoms with E-state index >= 15 is 0 Å². The van der Waals surface area contributed by atoms with E-state index in [2.05, 4.69) is 41.7 Å². The third-order valence-corrected chi connectivity index (χ3v) is 2.63. The van der Waals surface area contributed by atoms with Crippen LogP contribution in [-0.4, -0.2) is 19.3 Å². The molecule has 1 N–H and O–H groups in total. The summed E-state index contributed by atoms with van der Waals surface area (Å²) in [7, 11) is 0. The van der Waals surface area contributed by atoms with Crippen LogP contribution in [0.1, 0.15) is 18.5 Å². The van der Waals surface area contributed by atoms with Crippen molar-refractivity contribution in [2.75, 3.05) is 13.2 Å². The first-order chi connectivity index (χ1) is 7.42. The minimum atomic E-state index is 0.158. The molecule has 1 aromatic carbocycles. The van der Waals surface area contributed by atoms with Gasteiger partial charge in [0.2, 0.25) is 0 Å². The van der Waals surface area contributed by atoms with Gasteiger partial charge in [0.25, 0.3) is 0 Å². The van der Waals surface area contributed by atoms with Crippen molar-refractivity contribution < 1.29 is 4.74 Å². The molecule has 0 saturated carbocycles. The maximum absolute atomic E-state index is 5.70. The van der Waals surface area contributed by atoms with Crippen LogP contribution in [0.3, 0.4) is 0 Å². The van der Waals surface area contributed by atoms with E-state index in [1.807, 2.05) is 13.0 Å². The summed E-state index contributed by atoms with van der Waals surface area (Å²) >= 11 is 0. The molecule has 0 aromatic heterocycles. The lowest BCUT2D eigenvalue weighted by Gasteiger charge is -2.28. The Balaban J connectivity index is 2.16. The van der Waals surface area contributed by atoms with E-state index in [0.29, 0.717) is 0 Å². The van der Waals surface area contributed by atoms with Crippen molar-refractivity contribution in [1.29, 1.82) is 0 Å². The summed E-state index contributed by atoms with van der Waals surface area (Å²) in [5.74, 6) is 0. The maximum Gasteiger partial charge on any atom is 0.0950 e. The molecule has 0 aliphatic carbocycles. The predicted molar refractivity (Wildman–Crippen MR) is 61.7 cm³/mol. The second kappa shape index (κ2) is 5.10. The lowest BCUT2D eigenvalue weighted by molar-refractivity contribution is 0.0645. The highest BCUT2D eigenvalue weighted by Crippen LogP contribution is 2.22. The monoisotopic (exact) mass is 203 g/mol. The normalized spacial score (nSPS) is 25.4. The standard InChI is InChI=1S/C13H17NO/c1-2-15-12-9-6-10-14-13(12)11-7-4-3-5-8-11/h3-9,12-14H,2,10H2,1H3. The summed E-state index contributed by atoms with van der Waals surface area (Å²) in [6, 6.07) is 10.7. The fourth-order valence-corrected chi connectivity index (χ4v) is 1.94. The molecule has 2 atom stereocenters. The zero-order valence-electron chi connectivity index (χ0n) is 9.02. The zero-order valence-corrected chi connectivity index (χ0v) is 9.02. The first-order valence-electron chi connectivity index (χ1n) is 5.48. The van der Waals surface area contributed by atoms with E-state index in [1.54, 1.807) is 0 Å². The SMILES string of the molecule is CCOC1C=CCNC1c1ccccc1. The Kier molecular flexibility index (Phi) is 3.54. The van der Waals surface area contributed by atoms with Crippen LogP contribution in [0.4, 0.5) is 0 Å². The third-order valence-electron chi connectivity index (χ3n) is 2.63. The largest absolute Gasteiger partial charge is 0.372 e. The maximum atomic E-state index is 5.70. The molecule has 2 rings (SSSR count). The van der Waals surface area contributed by atoms with Gasteiger partial charge in [-0.15, -0.1) is 0 Å². The van der Waals surface area contributed by atoms with Crippen molar-refractivity contribution in [3.63, 3.8) is 0 Å². The molecule has 0 saturated heterocycles. The van der Waals surface area contributed by atoms with Gasteiger partial charge in [-0.25, -0.2) is 0 Å². The van der Waals surface area contributed by atoms with Crippen molar-refractivity contribution in [3.05, 3.63) is 48.0 Å². The van der Waals surface area contributed by atoms with Gasteiger partial charge in [-0.2, -0.15) is 0 Å². The molecule has 1 aliphatic heterocycles. The molecule has 1 aliphatic rings. The Hall–Kier alpha value is -1.12. The number of hydrogen-bond acceptors (Lipinski definition) is 2. The number of rotatable bonds is 3. The summed E-state index contributed by atoms with van der Waals surface area (Å²) in [5.41, 5.74) is 1.29. The Morgan fingerprint density at radius 2 is 2.13 bits per heavy atom. The second-order valence-electron chi connectivity index (χ2n) is 3.64. The summed E-state index contributed by atoms with van der Waals surface area (Å²) in [6.45, 7) is 3.70. The Morgan fingerprint density at radius 1 is 1.33 bits per heavy atom. The van der Waals surface area contributed by atoms with Crippen LogP contribution >= 0.6 is 0 Å². The number of benzene rings is 1. The molecular weight excluding hydrogens is 186 g/mol. The summed E-state index contributed by atoms with van der Waals surface area (Å²) in [5, 5.41) is 3.46. The molecular formula is C13H17NO. The van der Waals surface area contributed by atoms with E-state index in [4.69, 9.17) is 4.74 Å². The molecule has 1 aromatic rings. The van der Waals surface area contributed by atoms with Crippen molar-refractivity contribution in [2.45, 2.75) is 19.1 Å². The molecule has 0 fully saturated rings. The molecule has 2 unspecified atom stereocenters. The third kappa shape index (κ3) is 2.46. The van der Waals surface area contributed by atoms with Crippen LogP contribution in [0.2, 0.25) is 0 Å². The van der Waals surface area contributed by atoms with Crippen LogP contribution < -0.4 is 5.32 Å². The van der Waals surface area contributed by atoms with E-state index in [9.17, 15) is 0 Å². The van der Waals surface area contributed by atoms with Crippen molar-refractivity contribution in [2.24, 2.45) is 0 Å². The fourth-order valence-electron chi connectivity index (χ4n) is 1.94. The highest BCUT2D eigenvalue weighted by Gasteiger charge is 2.22. The van der Waals surface area contributed by atoms with Crippen molar-refractivity contribution >= 4 is 0 Å². The van der Waals surface area contributed by atoms with Gasteiger partial charge in [-0.05, 0) is 12.5 Å². The van der Waals surface area contributed by atoms with Crippen LogP contribution in [0.25, 0.3) is 0 Å². The van der Waals surface area contributed by atoms with Crippen LogP contribution in [0.5, 0.6) is 0 Å². The van der Waals surface area contributed by atoms with Gasteiger partial charge < -0.3 is 10.1 Å².